The lowest BCUT2D eigenvalue weighted by Gasteiger charge is -2.36. The summed E-state index contributed by atoms with van der Waals surface area (Å²) in [7, 11) is 0. The van der Waals surface area contributed by atoms with Crippen molar-refractivity contribution < 1.29 is 4.79 Å². The Bertz CT molecular complexity index is 1020. The van der Waals surface area contributed by atoms with Crippen molar-refractivity contribution in [1.82, 2.24) is 19.9 Å². The molecule has 1 aromatic carbocycles. The van der Waals surface area contributed by atoms with E-state index in [1.54, 1.807) is 12.4 Å². The van der Waals surface area contributed by atoms with Crippen LogP contribution in [0.4, 0.5) is 0 Å². The largest absolute Gasteiger partial charge is 0.334 e. The number of piperidine rings is 1. The van der Waals surface area contributed by atoms with Gasteiger partial charge in [0.25, 0.3) is 0 Å². The Balaban J connectivity index is 1.68. The maximum atomic E-state index is 13.4. The van der Waals surface area contributed by atoms with Crippen LogP contribution in [0, 0.1) is 6.92 Å². The molecule has 3 aromatic rings. The van der Waals surface area contributed by atoms with Gasteiger partial charge in [0, 0.05) is 37.1 Å². The van der Waals surface area contributed by atoms with Gasteiger partial charge in [0.2, 0.25) is 5.91 Å². The van der Waals surface area contributed by atoms with Crippen LogP contribution in [-0.2, 0) is 17.6 Å². The summed E-state index contributed by atoms with van der Waals surface area (Å²) in [5, 5.41) is 0. The third-order valence-electron chi connectivity index (χ3n) is 5.95. The Labute approximate surface area is 184 Å². The quantitative estimate of drug-likeness (QED) is 0.563. The SMILES string of the molecule is CCCc1ncc(-c2ccncc2)c([C@H]2CCCCN2C(=O)Cc2ccc(C)cc2)n1. The first kappa shape index (κ1) is 21.2. The van der Waals surface area contributed by atoms with Crippen molar-refractivity contribution in [2.24, 2.45) is 0 Å². The summed E-state index contributed by atoms with van der Waals surface area (Å²) >= 11 is 0. The molecule has 1 aliphatic heterocycles. The van der Waals surface area contributed by atoms with E-state index < -0.39 is 0 Å². The molecule has 2 aromatic heterocycles. The Morgan fingerprint density at radius 3 is 2.61 bits per heavy atom. The number of pyridine rings is 1. The number of aromatic nitrogens is 3. The molecule has 0 saturated carbocycles. The van der Waals surface area contributed by atoms with Gasteiger partial charge in [-0.2, -0.15) is 0 Å². The Morgan fingerprint density at radius 2 is 1.87 bits per heavy atom. The van der Waals surface area contributed by atoms with Crippen molar-refractivity contribution in [3.05, 3.63) is 77.6 Å². The Kier molecular flexibility index (Phi) is 6.70. The molecule has 1 fully saturated rings. The van der Waals surface area contributed by atoms with Gasteiger partial charge in [-0.15, -0.1) is 0 Å². The number of likely N-dealkylation sites (tertiary alicyclic amines) is 1. The summed E-state index contributed by atoms with van der Waals surface area (Å²) in [6.45, 7) is 4.98. The maximum absolute atomic E-state index is 13.4. The fourth-order valence-corrected chi connectivity index (χ4v) is 4.28. The zero-order valence-corrected chi connectivity index (χ0v) is 18.4. The van der Waals surface area contributed by atoms with E-state index in [1.165, 1.54) is 5.56 Å². The van der Waals surface area contributed by atoms with E-state index >= 15 is 0 Å². The van der Waals surface area contributed by atoms with Crippen molar-refractivity contribution >= 4 is 5.91 Å². The number of carbonyl (C=O) groups excluding carboxylic acids is 1. The molecule has 0 N–H and O–H groups in total. The van der Waals surface area contributed by atoms with Crippen LogP contribution in [0.2, 0.25) is 0 Å². The van der Waals surface area contributed by atoms with Gasteiger partial charge >= 0.3 is 0 Å². The van der Waals surface area contributed by atoms with Crippen LogP contribution in [-0.4, -0.2) is 32.3 Å². The average Bonchev–Trinajstić information content (AvgIpc) is 2.81. The third-order valence-corrected chi connectivity index (χ3v) is 5.95. The van der Waals surface area contributed by atoms with Crippen LogP contribution in [0.25, 0.3) is 11.1 Å². The Hall–Kier alpha value is -3.08. The van der Waals surface area contributed by atoms with Gasteiger partial charge in [-0.05, 0) is 55.9 Å². The topological polar surface area (TPSA) is 59.0 Å². The van der Waals surface area contributed by atoms with Gasteiger partial charge in [0.05, 0.1) is 18.2 Å². The minimum Gasteiger partial charge on any atom is -0.334 e. The molecule has 0 aliphatic carbocycles. The van der Waals surface area contributed by atoms with Crippen LogP contribution >= 0.6 is 0 Å². The molecule has 1 amide bonds. The van der Waals surface area contributed by atoms with Crippen LogP contribution in [0.1, 0.15) is 61.3 Å². The molecule has 0 bridgehead atoms. The molecular weight excluding hydrogens is 384 g/mol. The second-order valence-corrected chi connectivity index (χ2v) is 8.33. The zero-order valence-electron chi connectivity index (χ0n) is 18.4. The van der Waals surface area contributed by atoms with E-state index in [4.69, 9.17) is 4.98 Å². The molecule has 1 atom stereocenters. The molecule has 0 unspecified atom stereocenters. The molecule has 160 valence electrons. The van der Waals surface area contributed by atoms with Crippen molar-refractivity contribution in [1.29, 1.82) is 0 Å². The van der Waals surface area contributed by atoms with Crippen molar-refractivity contribution in [3.63, 3.8) is 0 Å². The highest BCUT2D eigenvalue weighted by Crippen LogP contribution is 2.36. The summed E-state index contributed by atoms with van der Waals surface area (Å²) in [5.41, 5.74) is 5.29. The molecule has 1 saturated heterocycles. The lowest BCUT2D eigenvalue weighted by atomic mass is 9.93. The van der Waals surface area contributed by atoms with Crippen molar-refractivity contribution in [3.8, 4) is 11.1 Å². The molecular formula is C26H30N4O. The van der Waals surface area contributed by atoms with E-state index in [9.17, 15) is 4.79 Å². The predicted octanol–water partition coefficient (Wildman–Crippen LogP) is 5.10. The fourth-order valence-electron chi connectivity index (χ4n) is 4.28. The first-order valence-corrected chi connectivity index (χ1v) is 11.3. The molecule has 0 radical (unpaired) electrons. The number of nitrogens with zero attached hydrogens (tertiary/aromatic N) is 4. The summed E-state index contributed by atoms with van der Waals surface area (Å²) in [6.07, 6.45) is 10.8. The minimum atomic E-state index is -0.0199. The maximum Gasteiger partial charge on any atom is 0.227 e. The van der Waals surface area contributed by atoms with Crippen LogP contribution in [0.15, 0.2) is 55.0 Å². The molecule has 1 aliphatic rings. The monoisotopic (exact) mass is 414 g/mol. The molecule has 4 rings (SSSR count). The second-order valence-electron chi connectivity index (χ2n) is 8.33. The van der Waals surface area contributed by atoms with E-state index in [1.807, 2.05) is 23.2 Å². The van der Waals surface area contributed by atoms with Crippen LogP contribution in [0.3, 0.4) is 0 Å². The number of rotatable bonds is 6. The fraction of sp³-hybridized carbons (Fsp3) is 0.385. The lowest BCUT2D eigenvalue weighted by Crippen LogP contribution is -2.40. The summed E-state index contributed by atoms with van der Waals surface area (Å²) in [6, 6.07) is 12.2. The summed E-state index contributed by atoms with van der Waals surface area (Å²) < 4.78 is 0. The van der Waals surface area contributed by atoms with Gasteiger partial charge in [-0.3, -0.25) is 9.78 Å². The first-order chi connectivity index (χ1) is 15.2. The second kappa shape index (κ2) is 9.82. The lowest BCUT2D eigenvalue weighted by molar-refractivity contribution is -0.134. The van der Waals surface area contributed by atoms with E-state index in [2.05, 4.69) is 48.1 Å². The summed E-state index contributed by atoms with van der Waals surface area (Å²) in [4.78, 5) is 29.2. The number of hydrogen-bond donors (Lipinski definition) is 0. The van der Waals surface area contributed by atoms with Crippen molar-refractivity contribution in [2.75, 3.05) is 6.54 Å². The average molecular weight is 415 g/mol. The number of benzene rings is 1. The molecule has 3 heterocycles. The highest BCUT2D eigenvalue weighted by atomic mass is 16.2. The molecule has 5 nitrogen and oxygen atoms in total. The standard InChI is InChI=1S/C26H30N4O/c1-3-6-24-28-18-22(21-12-14-27-15-13-21)26(29-24)23-7-4-5-16-30(23)25(31)17-20-10-8-19(2)9-11-20/h8-15,18,23H,3-7,16-17H2,1-2H3/t23-/m1/s1. The number of hydrogen-bond acceptors (Lipinski definition) is 4. The van der Waals surface area contributed by atoms with Gasteiger partial charge in [-0.1, -0.05) is 36.8 Å². The van der Waals surface area contributed by atoms with E-state index in [-0.39, 0.29) is 11.9 Å². The highest BCUT2D eigenvalue weighted by Gasteiger charge is 2.31. The zero-order chi connectivity index (χ0) is 21.6. The minimum absolute atomic E-state index is 0.0199. The molecule has 0 spiro atoms. The van der Waals surface area contributed by atoms with Crippen molar-refractivity contribution in [2.45, 2.75) is 58.4 Å². The van der Waals surface area contributed by atoms with Gasteiger partial charge in [-0.25, -0.2) is 9.97 Å². The van der Waals surface area contributed by atoms with Gasteiger partial charge < -0.3 is 4.90 Å². The number of carbonyl (C=O) groups is 1. The van der Waals surface area contributed by atoms with Gasteiger partial charge in [0.15, 0.2) is 0 Å². The summed E-state index contributed by atoms with van der Waals surface area (Å²) in [5.74, 6) is 1.02. The van der Waals surface area contributed by atoms with Crippen LogP contribution in [0.5, 0.6) is 0 Å². The highest BCUT2D eigenvalue weighted by molar-refractivity contribution is 5.80. The van der Waals surface area contributed by atoms with Crippen LogP contribution < -0.4 is 0 Å². The normalized spacial score (nSPS) is 16.3. The molecule has 5 heteroatoms. The number of amides is 1. The number of aryl methyl sites for hydroxylation is 2. The predicted molar refractivity (Wildman–Crippen MR) is 122 cm³/mol. The van der Waals surface area contributed by atoms with E-state index in [0.29, 0.717) is 6.42 Å². The molecule has 31 heavy (non-hydrogen) atoms. The first-order valence-electron chi connectivity index (χ1n) is 11.3. The Morgan fingerprint density at radius 1 is 1.10 bits per heavy atom. The third kappa shape index (κ3) is 4.98. The van der Waals surface area contributed by atoms with E-state index in [0.717, 1.165) is 66.9 Å². The van der Waals surface area contributed by atoms with Gasteiger partial charge in [0.1, 0.15) is 5.82 Å². The smallest absolute Gasteiger partial charge is 0.227 e.